The number of rotatable bonds is 4. The smallest absolute Gasteiger partial charge is 0.257 e. The third-order valence-corrected chi connectivity index (χ3v) is 3.50. The number of halogens is 2. The lowest BCUT2D eigenvalue weighted by atomic mass is 10.1. The van der Waals surface area contributed by atoms with Gasteiger partial charge in [-0.3, -0.25) is 10.2 Å². The van der Waals surface area contributed by atoms with Gasteiger partial charge in [0.2, 0.25) is 5.71 Å². The van der Waals surface area contributed by atoms with E-state index < -0.39 is 5.91 Å². The average molecular weight is 358 g/mol. The highest BCUT2D eigenvalue weighted by molar-refractivity contribution is 6.40. The molecule has 24 heavy (non-hydrogen) atoms. The number of nitrogens with one attached hydrogen (secondary N) is 2. The number of benzene rings is 2. The molecule has 0 aliphatic heterocycles. The van der Waals surface area contributed by atoms with Gasteiger partial charge in [0.1, 0.15) is 12.1 Å². The molecule has 0 radical (unpaired) electrons. The van der Waals surface area contributed by atoms with Gasteiger partial charge >= 0.3 is 0 Å². The van der Waals surface area contributed by atoms with E-state index in [0.717, 1.165) is 0 Å². The van der Waals surface area contributed by atoms with E-state index in [0.29, 0.717) is 21.4 Å². The number of para-hydroxylation sites is 2. The van der Waals surface area contributed by atoms with E-state index in [2.05, 4.69) is 15.8 Å². The first-order valence-corrected chi connectivity index (χ1v) is 7.30. The third-order valence-electron chi connectivity index (χ3n) is 2.87. The highest BCUT2D eigenvalue weighted by Gasteiger charge is 2.14. The Morgan fingerprint density at radius 3 is 2.25 bits per heavy atom. The zero-order chi connectivity index (χ0) is 17.5. The highest BCUT2D eigenvalue weighted by Crippen LogP contribution is 2.30. The lowest BCUT2D eigenvalue weighted by Gasteiger charge is -2.11. The molecule has 2 aromatic rings. The molecular formula is C16H9Cl2N5O. The van der Waals surface area contributed by atoms with Crippen molar-refractivity contribution in [3.05, 3.63) is 58.1 Å². The normalized spacial score (nSPS) is 9.33. The largest absolute Gasteiger partial charge is 0.319 e. The summed E-state index contributed by atoms with van der Waals surface area (Å²) in [5, 5.41) is 24.2. The van der Waals surface area contributed by atoms with Crippen molar-refractivity contribution in [1.29, 1.82) is 10.5 Å². The maximum Gasteiger partial charge on any atom is 0.257 e. The minimum Gasteiger partial charge on any atom is -0.319 e. The van der Waals surface area contributed by atoms with Crippen molar-refractivity contribution < 1.29 is 4.79 Å². The third kappa shape index (κ3) is 4.02. The van der Waals surface area contributed by atoms with Crippen molar-refractivity contribution in [3.8, 4) is 12.1 Å². The van der Waals surface area contributed by atoms with E-state index in [1.54, 1.807) is 54.6 Å². The Morgan fingerprint density at radius 1 is 1.00 bits per heavy atom. The first-order valence-electron chi connectivity index (χ1n) is 6.55. The molecule has 2 rings (SSSR count). The van der Waals surface area contributed by atoms with Crippen LogP contribution >= 0.6 is 23.2 Å². The zero-order valence-electron chi connectivity index (χ0n) is 12.0. The Kier molecular flexibility index (Phi) is 5.75. The lowest BCUT2D eigenvalue weighted by molar-refractivity contribution is 0.102. The van der Waals surface area contributed by atoms with Crippen LogP contribution in [0.5, 0.6) is 0 Å². The Balaban J connectivity index is 2.30. The van der Waals surface area contributed by atoms with Crippen molar-refractivity contribution in [2.45, 2.75) is 0 Å². The second-order valence-electron chi connectivity index (χ2n) is 4.39. The highest BCUT2D eigenvalue weighted by atomic mass is 35.5. The molecular weight excluding hydrogens is 349 g/mol. The number of nitriles is 2. The standard InChI is InChI=1S/C16H9Cl2N5O/c17-12-5-3-6-13(18)15(12)21-16(24)11-4-1-2-7-14(11)23-22-10(8-19)9-20/h1-7,23H,(H,21,24). The molecule has 0 aliphatic carbocycles. The van der Waals surface area contributed by atoms with E-state index >= 15 is 0 Å². The molecule has 6 nitrogen and oxygen atoms in total. The number of carbonyl (C=O) groups is 1. The van der Waals surface area contributed by atoms with Crippen LogP contribution in [0.2, 0.25) is 10.0 Å². The Morgan fingerprint density at radius 2 is 1.62 bits per heavy atom. The molecule has 8 heteroatoms. The predicted octanol–water partition coefficient (Wildman–Crippen LogP) is 4.06. The van der Waals surface area contributed by atoms with E-state index in [4.69, 9.17) is 33.7 Å². The number of carbonyl (C=O) groups excluding carboxylic acids is 1. The summed E-state index contributed by atoms with van der Waals surface area (Å²) in [6, 6.07) is 14.6. The maximum absolute atomic E-state index is 12.5. The number of anilines is 2. The van der Waals surface area contributed by atoms with Gasteiger partial charge in [-0.1, -0.05) is 41.4 Å². The monoisotopic (exact) mass is 357 g/mol. The van der Waals surface area contributed by atoms with Crippen molar-refractivity contribution in [2.75, 3.05) is 10.7 Å². The molecule has 0 unspecified atom stereocenters. The van der Waals surface area contributed by atoms with Crippen molar-refractivity contribution >= 4 is 46.2 Å². The van der Waals surface area contributed by atoms with Gasteiger partial charge in [-0.2, -0.15) is 15.6 Å². The minimum absolute atomic E-state index is 0.243. The molecule has 2 N–H and O–H groups in total. The zero-order valence-corrected chi connectivity index (χ0v) is 13.6. The molecule has 2 aromatic carbocycles. The van der Waals surface area contributed by atoms with E-state index in [9.17, 15) is 4.79 Å². The molecule has 118 valence electrons. The van der Waals surface area contributed by atoms with Gasteiger partial charge < -0.3 is 5.32 Å². The molecule has 0 saturated carbocycles. The summed E-state index contributed by atoms with van der Waals surface area (Å²) in [6.45, 7) is 0. The van der Waals surface area contributed by atoms with Gasteiger partial charge in [0, 0.05) is 0 Å². The summed E-state index contributed by atoms with van der Waals surface area (Å²) in [5.74, 6) is -0.473. The number of hydrazone groups is 1. The maximum atomic E-state index is 12.5. The van der Waals surface area contributed by atoms with E-state index in [-0.39, 0.29) is 11.3 Å². The molecule has 0 fully saturated rings. The fourth-order valence-corrected chi connectivity index (χ4v) is 2.26. The average Bonchev–Trinajstić information content (AvgIpc) is 2.59. The summed E-state index contributed by atoms with van der Waals surface area (Å²) < 4.78 is 0. The van der Waals surface area contributed by atoms with Crippen molar-refractivity contribution in [3.63, 3.8) is 0 Å². The summed E-state index contributed by atoms with van der Waals surface area (Å²) in [6.07, 6.45) is 0. The number of nitrogens with zero attached hydrogens (tertiary/aromatic N) is 3. The quantitative estimate of drug-likeness (QED) is 0.636. The Hall–Kier alpha value is -3.06. The van der Waals surface area contributed by atoms with Gasteiger partial charge in [0.05, 0.1) is 27.0 Å². The van der Waals surface area contributed by atoms with Gasteiger partial charge in [-0.15, -0.1) is 0 Å². The molecule has 1 amide bonds. The fraction of sp³-hybridized carbons (Fsp3) is 0. The predicted molar refractivity (Wildman–Crippen MR) is 93.1 cm³/mol. The van der Waals surface area contributed by atoms with Crippen LogP contribution < -0.4 is 10.7 Å². The van der Waals surface area contributed by atoms with Gasteiger partial charge in [0.15, 0.2) is 0 Å². The molecule has 0 aromatic heterocycles. The molecule has 0 spiro atoms. The molecule has 0 bridgehead atoms. The fourth-order valence-electron chi connectivity index (χ4n) is 1.77. The van der Waals surface area contributed by atoms with Crippen LogP contribution in [0.3, 0.4) is 0 Å². The number of hydrogen-bond donors (Lipinski definition) is 2. The second kappa shape index (κ2) is 7.98. The van der Waals surface area contributed by atoms with Crippen LogP contribution in [0.25, 0.3) is 0 Å². The van der Waals surface area contributed by atoms with Gasteiger partial charge in [-0.05, 0) is 24.3 Å². The molecule has 0 heterocycles. The molecule has 0 atom stereocenters. The Bertz CT molecular complexity index is 860. The van der Waals surface area contributed by atoms with E-state index in [1.165, 1.54) is 0 Å². The first-order chi connectivity index (χ1) is 11.6. The second-order valence-corrected chi connectivity index (χ2v) is 5.21. The van der Waals surface area contributed by atoms with Crippen LogP contribution in [-0.4, -0.2) is 11.6 Å². The summed E-state index contributed by atoms with van der Waals surface area (Å²) in [4.78, 5) is 12.5. The van der Waals surface area contributed by atoms with Crippen molar-refractivity contribution in [1.82, 2.24) is 0 Å². The SMILES string of the molecule is N#CC(C#N)=NNc1ccccc1C(=O)Nc1c(Cl)cccc1Cl. The first kappa shape index (κ1) is 17.3. The number of hydrogen-bond acceptors (Lipinski definition) is 5. The summed E-state index contributed by atoms with van der Waals surface area (Å²) in [7, 11) is 0. The van der Waals surface area contributed by atoms with E-state index in [1.807, 2.05) is 0 Å². The Labute approximate surface area is 147 Å². The van der Waals surface area contributed by atoms with Crippen LogP contribution in [0.1, 0.15) is 10.4 Å². The molecule has 0 aliphatic rings. The van der Waals surface area contributed by atoms with Crippen LogP contribution in [0, 0.1) is 22.7 Å². The summed E-state index contributed by atoms with van der Waals surface area (Å²) >= 11 is 12.1. The van der Waals surface area contributed by atoms with Gasteiger partial charge in [-0.25, -0.2) is 0 Å². The van der Waals surface area contributed by atoms with Crippen LogP contribution in [0.15, 0.2) is 47.6 Å². The van der Waals surface area contributed by atoms with Crippen molar-refractivity contribution in [2.24, 2.45) is 5.10 Å². The summed E-state index contributed by atoms with van der Waals surface area (Å²) in [5.41, 5.74) is 3.02. The van der Waals surface area contributed by atoms with Gasteiger partial charge in [0.25, 0.3) is 5.91 Å². The number of amides is 1. The topological polar surface area (TPSA) is 101 Å². The molecule has 0 saturated heterocycles. The minimum atomic E-state index is -0.473. The lowest BCUT2D eigenvalue weighted by Crippen LogP contribution is -2.14. The van der Waals surface area contributed by atoms with Crippen LogP contribution in [0.4, 0.5) is 11.4 Å². The van der Waals surface area contributed by atoms with Crippen LogP contribution in [-0.2, 0) is 0 Å².